The lowest BCUT2D eigenvalue weighted by molar-refractivity contribution is -0.123. The summed E-state index contributed by atoms with van der Waals surface area (Å²) in [7, 11) is 0. The number of Topliss-reactive ketones (excluding diaryl/α,β-unsaturated/α-hetero) is 1. The van der Waals surface area contributed by atoms with E-state index in [4.69, 9.17) is 4.74 Å². The highest BCUT2D eigenvalue weighted by Gasteiger charge is 2.26. The standard InChI is InChI=1S/C20H21N3O4/c1-14(24)16-4-5-18-17(11-16)23(20(26)13-27-18)10-2-3-19(25)22-12-15-6-8-21-9-7-15/h4-9,11H,2-3,10,12-13H2,1H3,(H,22,25). The van der Waals surface area contributed by atoms with Crippen molar-refractivity contribution in [1.29, 1.82) is 0 Å². The highest BCUT2D eigenvalue weighted by molar-refractivity contribution is 6.01. The van der Waals surface area contributed by atoms with Gasteiger partial charge in [-0.15, -0.1) is 0 Å². The summed E-state index contributed by atoms with van der Waals surface area (Å²) in [6, 6.07) is 8.74. The topological polar surface area (TPSA) is 88.6 Å². The van der Waals surface area contributed by atoms with E-state index in [2.05, 4.69) is 10.3 Å². The second-order valence-electron chi connectivity index (χ2n) is 6.31. The summed E-state index contributed by atoms with van der Waals surface area (Å²) in [5.74, 6) is 0.235. The first-order valence-electron chi connectivity index (χ1n) is 8.78. The molecule has 2 aromatic rings. The van der Waals surface area contributed by atoms with E-state index in [1.54, 1.807) is 35.5 Å². The van der Waals surface area contributed by atoms with E-state index < -0.39 is 0 Å². The van der Waals surface area contributed by atoms with Crippen molar-refractivity contribution in [3.8, 4) is 5.75 Å². The van der Waals surface area contributed by atoms with Gasteiger partial charge in [0.05, 0.1) is 5.69 Å². The maximum Gasteiger partial charge on any atom is 0.265 e. The number of ether oxygens (including phenoxy) is 1. The van der Waals surface area contributed by atoms with Crippen molar-refractivity contribution in [1.82, 2.24) is 10.3 Å². The van der Waals surface area contributed by atoms with Crippen LogP contribution in [0.1, 0.15) is 35.7 Å². The molecule has 2 heterocycles. The Balaban J connectivity index is 1.56. The van der Waals surface area contributed by atoms with Crippen molar-refractivity contribution < 1.29 is 19.1 Å². The molecule has 0 aliphatic carbocycles. The second kappa shape index (κ2) is 8.44. The number of ketones is 1. The van der Waals surface area contributed by atoms with E-state index in [1.165, 1.54) is 6.92 Å². The fourth-order valence-corrected chi connectivity index (χ4v) is 2.85. The van der Waals surface area contributed by atoms with Gasteiger partial charge in [-0.25, -0.2) is 0 Å². The Kier molecular flexibility index (Phi) is 5.80. The van der Waals surface area contributed by atoms with Crippen molar-refractivity contribution in [2.75, 3.05) is 18.1 Å². The molecule has 27 heavy (non-hydrogen) atoms. The number of anilines is 1. The molecule has 7 nitrogen and oxygen atoms in total. The minimum Gasteiger partial charge on any atom is -0.482 e. The van der Waals surface area contributed by atoms with Gasteiger partial charge in [0.1, 0.15) is 5.75 Å². The van der Waals surface area contributed by atoms with Crippen molar-refractivity contribution in [3.05, 3.63) is 53.9 Å². The maximum atomic E-state index is 12.2. The van der Waals surface area contributed by atoms with Crippen LogP contribution < -0.4 is 15.0 Å². The fourth-order valence-electron chi connectivity index (χ4n) is 2.85. The third kappa shape index (κ3) is 4.69. The van der Waals surface area contributed by atoms with Crippen molar-refractivity contribution in [2.24, 2.45) is 0 Å². The van der Waals surface area contributed by atoms with Gasteiger partial charge in [0.2, 0.25) is 5.91 Å². The molecule has 1 aromatic carbocycles. The zero-order chi connectivity index (χ0) is 19.2. The lowest BCUT2D eigenvalue weighted by Gasteiger charge is -2.29. The average Bonchev–Trinajstić information content (AvgIpc) is 2.68. The number of hydrogen-bond acceptors (Lipinski definition) is 5. The normalized spacial score (nSPS) is 12.9. The summed E-state index contributed by atoms with van der Waals surface area (Å²) in [6.45, 7) is 2.27. The van der Waals surface area contributed by atoms with E-state index in [9.17, 15) is 14.4 Å². The number of benzene rings is 1. The van der Waals surface area contributed by atoms with Gasteiger partial charge in [0.25, 0.3) is 5.91 Å². The van der Waals surface area contributed by atoms with Gasteiger partial charge in [0.15, 0.2) is 12.4 Å². The van der Waals surface area contributed by atoms with Crippen LogP contribution in [-0.2, 0) is 16.1 Å². The number of nitrogens with one attached hydrogen (secondary N) is 1. The molecule has 2 amide bonds. The van der Waals surface area contributed by atoms with Crippen LogP contribution in [0.2, 0.25) is 0 Å². The van der Waals surface area contributed by atoms with Gasteiger partial charge < -0.3 is 15.0 Å². The molecule has 0 saturated carbocycles. The highest BCUT2D eigenvalue weighted by Crippen LogP contribution is 2.33. The van der Waals surface area contributed by atoms with Crippen LogP contribution in [0.3, 0.4) is 0 Å². The van der Waals surface area contributed by atoms with Crippen LogP contribution in [0.25, 0.3) is 0 Å². The van der Waals surface area contributed by atoms with E-state index in [1.807, 2.05) is 12.1 Å². The number of fused-ring (bicyclic) bond motifs is 1. The summed E-state index contributed by atoms with van der Waals surface area (Å²) in [6.07, 6.45) is 4.17. The summed E-state index contributed by atoms with van der Waals surface area (Å²) < 4.78 is 5.43. The first-order valence-corrected chi connectivity index (χ1v) is 8.78. The monoisotopic (exact) mass is 367 g/mol. The van der Waals surface area contributed by atoms with Crippen LogP contribution in [0.5, 0.6) is 5.75 Å². The predicted octanol–water partition coefficient (Wildman–Crippen LogP) is 2.11. The summed E-state index contributed by atoms with van der Waals surface area (Å²) in [5, 5.41) is 2.85. The van der Waals surface area contributed by atoms with E-state index in [-0.39, 0.29) is 24.2 Å². The maximum absolute atomic E-state index is 12.2. The van der Waals surface area contributed by atoms with Gasteiger partial charge in [0, 0.05) is 37.5 Å². The van der Waals surface area contributed by atoms with Gasteiger partial charge in [-0.1, -0.05) is 0 Å². The number of carbonyl (C=O) groups excluding carboxylic acids is 3. The molecule has 0 atom stereocenters. The highest BCUT2D eigenvalue weighted by atomic mass is 16.5. The third-order valence-electron chi connectivity index (χ3n) is 4.33. The molecule has 0 unspecified atom stereocenters. The molecular formula is C20H21N3O4. The van der Waals surface area contributed by atoms with Gasteiger partial charge in [-0.3, -0.25) is 19.4 Å². The summed E-state index contributed by atoms with van der Waals surface area (Å²) >= 11 is 0. The molecule has 0 spiro atoms. The Bertz CT molecular complexity index is 852. The van der Waals surface area contributed by atoms with Crippen molar-refractivity contribution in [3.63, 3.8) is 0 Å². The lowest BCUT2D eigenvalue weighted by atomic mass is 10.1. The number of carbonyl (C=O) groups is 3. The Hall–Kier alpha value is -3.22. The van der Waals surface area contributed by atoms with Crippen LogP contribution in [0, 0.1) is 0 Å². The van der Waals surface area contributed by atoms with Crippen molar-refractivity contribution >= 4 is 23.3 Å². The smallest absolute Gasteiger partial charge is 0.265 e. The van der Waals surface area contributed by atoms with Crippen LogP contribution in [0.15, 0.2) is 42.7 Å². The van der Waals surface area contributed by atoms with E-state index in [0.29, 0.717) is 42.9 Å². The molecule has 1 aromatic heterocycles. The first-order chi connectivity index (χ1) is 13.0. The zero-order valence-corrected chi connectivity index (χ0v) is 15.1. The molecule has 1 aliphatic rings. The Labute approximate surface area is 157 Å². The largest absolute Gasteiger partial charge is 0.482 e. The number of nitrogens with zero attached hydrogens (tertiary/aromatic N) is 2. The first kappa shape index (κ1) is 18.6. The van der Waals surface area contributed by atoms with Crippen LogP contribution in [0.4, 0.5) is 5.69 Å². The van der Waals surface area contributed by atoms with Gasteiger partial charge in [-0.05, 0) is 49.2 Å². The zero-order valence-electron chi connectivity index (χ0n) is 15.1. The Morgan fingerprint density at radius 2 is 2.00 bits per heavy atom. The second-order valence-corrected chi connectivity index (χ2v) is 6.31. The number of amides is 2. The van der Waals surface area contributed by atoms with Crippen LogP contribution in [-0.4, -0.2) is 35.7 Å². The fraction of sp³-hybridized carbons (Fsp3) is 0.300. The number of rotatable bonds is 7. The number of hydrogen-bond donors (Lipinski definition) is 1. The lowest BCUT2D eigenvalue weighted by Crippen LogP contribution is -2.40. The summed E-state index contributed by atoms with van der Waals surface area (Å²) in [5.41, 5.74) is 2.08. The molecule has 3 rings (SSSR count). The predicted molar refractivity (Wildman–Crippen MR) is 99.6 cm³/mol. The third-order valence-corrected chi connectivity index (χ3v) is 4.33. The minimum atomic E-state index is -0.180. The van der Waals surface area contributed by atoms with Crippen molar-refractivity contribution in [2.45, 2.75) is 26.3 Å². The molecule has 1 N–H and O–H groups in total. The molecule has 1 aliphatic heterocycles. The van der Waals surface area contributed by atoms with E-state index >= 15 is 0 Å². The molecule has 7 heteroatoms. The number of aromatic nitrogens is 1. The molecule has 0 bridgehead atoms. The minimum absolute atomic E-state index is 0.0410. The molecule has 0 radical (unpaired) electrons. The average molecular weight is 367 g/mol. The summed E-state index contributed by atoms with van der Waals surface area (Å²) in [4.78, 5) is 41.4. The van der Waals surface area contributed by atoms with E-state index in [0.717, 1.165) is 5.56 Å². The molecule has 140 valence electrons. The SMILES string of the molecule is CC(=O)c1ccc2c(c1)N(CCCC(=O)NCc1ccncc1)C(=O)CO2. The molecule has 0 fully saturated rings. The van der Waals surface area contributed by atoms with Crippen LogP contribution >= 0.6 is 0 Å². The Morgan fingerprint density at radius 1 is 1.22 bits per heavy atom. The number of pyridine rings is 1. The molecule has 0 saturated heterocycles. The van der Waals surface area contributed by atoms with Gasteiger partial charge in [-0.2, -0.15) is 0 Å². The van der Waals surface area contributed by atoms with Gasteiger partial charge >= 0.3 is 0 Å². The molecular weight excluding hydrogens is 346 g/mol. The quantitative estimate of drug-likeness (QED) is 0.757. The Morgan fingerprint density at radius 3 is 2.74 bits per heavy atom.